The highest BCUT2D eigenvalue weighted by molar-refractivity contribution is 6.07. The lowest BCUT2D eigenvalue weighted by atomic mass is 10.1. The molecule has 0 radical (unpaired) electrons. The molecule has 0 aliphatic carbocycles. The average molecular weight is 441 g/mol. The van der Waals surface area contributed by atoms with Crippen molar-refractivity contribution in [1.82, 2.24) is 19.9 Å². The van der Waals surface area contributed by atoms with E-state index < -0.39 is 0 Å². The number of para-hydroxylation sites is 3. The van der Waals surface area contributed by atoms with Gasteiger partial charge in [0, 0.05) is 11.9 Å². The molecule has 5 aromatic rings. The molecule has 0 saturated carbocycles. The van der Waals surface area contributed by atoms with Crippen molar-refractivity contribution in [1.29, 1.82) is 0 Å². The number of carbonyl (C=O) groups is 1. The molecule has 3 aromatic carbocycles. The van der Waals surface area contributed by atoms with Crippen molar-refractivity contribution in [2.24, 2.45) is 0 Å². The minimum absolute atomic E-state index is 0.0758. The Balaban J connectivity index is 1.37. The summed E-state index contributed by atoms with van der Waals surface area (Å²) in [5, 5.41) is 4.01. The van der Waals surface area contributed by atoms with Crippen LogP contribution in [0.2, 0.25) is 0 Å². The summed E-state index contributed by atoms with van der Waals surface area (Å²) in [5.41, 5.74) is 5.17. The zero-order chi connectivity index (χ0) is 22.8. The van der Waals surface area contributed by atoms with Crippen LogP contribution in [0.4, 0.5) is 0 Å². The van der Waals surface area contributed by atoms with Crippen LogP contribution in [0.5, 0.6) is 11.5 Å². The van der Waals surface area contributed by atoms with E-state index in [1.54, 1.807) is 14.2 Å². The van der Waals surface area contributed by atoms with Crippen LogP contribution in [0.3, 0.4) is 0 Å². The Morgan fingerprint density at radius 3 is 2.42 bits per heavy atom. The van der Waals surface area contributed by atoms with E-state index in [-0.39, 0.29) is 12.5 Å². The molecule has 0 spiro atoms. The van der Waals surface area contributed by atoms with Gasteiger partial charge in [-0.05, 0) is 42.3 Å². The van der Waals surface area contributed by atoms with Gasteiger partial charge in [-0.3, -0.25) is 4.79 Å². The molecule has 166 valence electrons. The van der Waals surface area contributed by atoms with E-state index in [2.05, 4.69) is 5.32 Å². The van der Waals surface area contributed by atoms with Crippen LogP contribution in [-0.2, 0) is 17.8 Å². The van der Waals surface area contributed by atoms with Crippen molar-refractivity contribution < 1.29 is 14.3 Å². The first-order valence-corrected chi connectivity index (χ1v) is 10.8. The predicted octanol–water partition coefficient (Wildman–Crippen LogP) is 4.11. The Kier molecular flexibility index (Phi) is 5.52. The van der Waals surface area contributed by atoms with Crippen molar-refractivity contribution in [3.63, 3.8) is 0 Å². The first-order chi connectivity index (χ1) is 16.2. The molecule has 33 heavy (non-hydrogen) atoms. The van der Waals surface area contributed by atoms with E-state index in [9.17, 15) is 4.79 Å². The first kappa shape index (κ1) is 20.8. The van der Waals surface area contributed by atoms with Crippen molar-refractivity contribution in [3.05, 3.63) is 72.3 Å². The molecule has 0 aliphatic rings. The van der Waals surface area contributed by atoms with E-state index in [1.165, 1.54) is 0 Å². The highest BCUT2D eigenvalue weighted by atomic mass is 16.5. The molecule has 1 N–H and O–H groups in total. The van der Waals surface area contributed by atoms with Gasteiger partial charge in [0.1, 0.15) is 12.1 Å². The number of hydrogen-bond acceptors (Lipinski definition) is 5. The van der Waals surface area contributed by atoms with Gasteiger partial charge in [0.25, 0.3) is 0 Å². The summed E-state index contributed by atoms with van der Waals surface area (Å²) in [6, 6.07) is 21.5. The van der Waals surface area contributed by atoms with E-state index in [4.69, 9.17) is 19.4 Å². The lowest BCUT2D eigenvalue weighted by Crippen LogP contribution is -2.29. The third kappa shape index (κ3) is 3.93. The lowest BCUT2D eigenvalue weighted by Gasteiger charge is -2.11. The van der Waals surface area contributed by atoms with Gasteiger partial charge in [-0.1, -0.05) is 36.4 Å². The van der Waals surface area contributed by atoms with Crippen LogP contribution in [0, 0.1) is 0 Å². The molecule has 0 bridgehead atoms. The molecule has 7 heteroatoms. The number of hydrogen-bond donors (Lipinski definition) is 1. The van der Waals surface area contributed by atoms with Gasteiger partial charge in [-0.25, -0.2) is 9.97 Å². The second-order valence-electron chi connectivity index (χ2n) is 7.78. The predicted molar refractivity (Wildman–Crippen MR) is 129 cm³/mol. The SMILES string of the molecule is COc1ccc(CCNC(=O)Cn2c3ccccc3c3nc4ccccc4nc32)cc1OC. The summed E-state index contributed by atoms with van der Waals surface area (Å²) in [6.07, 6.45) is 0.684. The number of ether oxygens (including phenoxy) is 2. The van der Waals surface area contributed by atoms with Crippen LogP contribution in [0.15, 0.2) is 66.7 Å². The van der Waals surface area contributed by atoms with Gasteiger partial charge in [-0.15, -0.1) is 0 Å². The van der Waals surface area contributed by atoms with Gasteiger partial charge in [0.2, 0.25) is 5.91 Å². The Morgan fingerprint density at radius 1 is 0.909 bits per heavy atom. The maximum Gasteiger partial charge on any atom is 0.240 e. The fourth-order valence-corrected chi connectivity index (χ4v) is 4.12. The maximum atomic E-state index is 12.9. The fourth-order valence-electron chi connectivity index (χ4n) is 4.12. The van der Waals surface area contributed by atoms with Gasteiger partial charge in [-0.2, -0.15) is 0 Å². The number of benzene rings is 3. The molecule has 0 unspecified atom stereocenters. The molecular weight excluding hydrogens is 416 g/mol. The van der Waals surface area contributed by atoms with E-state index in [0.717, 1.165) is 33.0 Å². The van der Waals surface area contributed by atoms with E-state index in [0.29, 0.717) is 30.1 Å². The van der Waals surface area contributed by atoms with Crippen molar-refractivity contribution in [2.75, 3.05) is 20.8 Å². The number of amides is 1. The van der Waals surface area contributed by atoms with Crippen LogP contribution < -0.4 is 14.8 Å². The zero-order valence-electron chi connectivity index (χ0n) is 18.5. The van der Waals surface area contributed by atoms with E-state index >= 15 is 0 Å². The molecule has 0 atom stereocenters. The third-order valence-corrected chi connectivity index (χ3v) is 5.74. The molecule has 0 aliphatic heterocycles. The monoisotopic (exact) mass is 440 g/mol. The molecule has 5 rings (SSSR count). The van der Waals surface area contributed by atoms with Crippen LogP contribution in [-0.4, -0.2) is 41.2 Å². The third-order valence-electron chi connectivity index (χ3n) is 5.74. The molecular formula is C26H24N4O3. The van der Waals surface area contributed by atoms with Gasteiger partial charge < -0.3 is 19.4 Å². The van der Waals surface area contributed by atoms with Crippen molar-refractivity contribution in [2.45, 2.75) is 13.0 Å². The van der Waals surface area contributed by atoms with Gasteiger partial charge in [0.05, 0.1) is 30.8 Å². The molecule has 2 aromatic heterocycles. The second-order valence-corrected chi connectivity index (χ2v) is 7.78. The fraction of sp³-hybridized carbons (Fsp3) is 0.192. The quantitative estimate of drug-likeness (QED) is 0.412. The summed E-state index contributed by atoms with van der Waals surface area (Å²) in [7, 11) is 3.22. The van der Waals surface area contributed by atoms with Crippen molar-refractivity contribution >= 4 is 39.0 Å². The zero-order valence-corrected chi connectivity index (χ0v) is 18.5. The van der Waals surface area contributed by atoms with Crippen LogP contribution in [0.25, 0.3) is 33.1 Å². The number of nitrogens with one attached hydrogen (secondary N) is 1. The molecule has 2 heterocycles. The normalized spacial score (nSPS) is 11.2. The average Bonchev–Trinajstić information content (AvgIpc) is 3.15. The van der Waals surface area contributed by atoms with Gasteiger partial charge in [0.15, 0.2) is 17.1 Å². The Labute approximate surface area is 191 Å². The number of aromatic nitrogens is 3. The van der Waals surface area contributed by atoms with E-state index in [1.807, 2.05) is 71.3 Å². The summed E-state index contributed by atoms with van der Waals surface area (Å²) in [5.74, 6) is 1.29. The van der Waals surface area contributed by atoms with Crippen molar-refractivity contribution in [3.8, 4) is 11.5 Å². The number of rotatable bonds is 7. The first-order valence-electron chi connectivity index (χ1n) is 10.8. The smallest absolute Gasteiger partial charge is 0.240 e. The number of fused-ring (bicyclic) bond motifs is 4. The molecule has 0 fully saturated rings. The lowest BCUT2D eigenvalue weighted by molar-refractivity contribution is -0.121. The molecule has 1 amide bonds. The summed E-state index contributed by atoms with van der Waals surface area (Å²) in [6.45, 7) is 0.684. The molecule has 0 saturated heterocycles. The highest BCUT2D eigenvalue weighted by Gasteiger charge is 2.16. The summed E-state index contributed by atoms with van der Waals surface area (Å²) in [4.78, 5) is 22.5. The number of carbonyl (C=O) groups excluding carboxylic acids is 1. The van der Waals surface area contributed by atoms with Gasteiger partial charge >= 0.3 is 0 Å². The summed E-state index contributed by atoms with van der Waals surface area (Å²) < 4.78 is 12.6. The number of nitrogens with zero attached hydrogens (tertiary/aromatic N) is 3. The highest BCUT2D eigenvalue weighted by Crippen LogP contribution is 2.29. The topological polar surface area (TPSA) is 78.3 Å². The Bertz CT molecular complexity index is 1480. The minimum atomic E-state index is -0.0758. The van der Waals surface area contributed by atoms with Crippen LogP contribution in [0.1, 0.15) is 5.56 Å². The molecule has 7 nitrogen and oxygen atoms in total. The Hall–Kier alpha value is -4.13. The minimum Gasteiger partial charge on any atom is -0.493 e. The van der Waals surface area contributed by atoms with Crippen LogP contribution >= 0.6 is 0 Å². The standard InChI is InChI=1S/C26H24N4O3/c1-32-22-12-11-17(15-23(22)33-2)13-14-27-24(31)16-30-21-10-6-3-7-18(21)25-26(30)29-20-9-5-4-8-19(20)28-25/h3-12,15H,13-14,16H2,1-2H3,(H,27,31). The second kappa shape index (κ2) is 8.78. The largest absolute Gasteiger partial charge is 0.493 e. The Morgan fingerprint density at radius 2 is 1.64 bits per heavy atom. The summed E-state index contributed by atoms with van der Waals surface area (Å²) >= 11 is 0. The maximum absolute atomic E-state index is 12.9. The number of methoxy groups -OCH3 is 2.